The van der Waals surface area contributed by atoms with Gasteiger partial charge < -0.3 is 10.6 Å². The number of benzene rings is 1. The molecule has 2 aliphatic rings. The van der Waals surface area contributed by atoms with Gasteiger partial charge in [-0.3, -0.25) is 19.7 Å². The molecule has 2 aromatic rings. The van der Waals surface area contributed by atoms with Crippen molar-refractivity contribution < 1.29 is 27.6 Å². The van der Waals surface area contributed by atoms with E-state index < -0.39 is 41.9 Å². The SMILES string of the molecule is O=C(NC1CCCC1)C(=O)[C@H](CC1CC1)NC(=O)[C@H](Cc1nn[nH]n1)N[C@@H](c1ccc(Br)cc1)C(F)(F)F. The van der Waals surface area contributed by atoms with Gasteiger partial charge in [0.15, 0.2) is 5.82 Å². The van der Waals surface area contributed by atoms with Crippen LogP contribution in [0.3, 0.4) is 0 Å². The highest BCUT2D eigenvalue weighted by Crippen LogP contribution is 2.35. The maximum absolute atomic E-state index is 14.1. The highest BCUT2D eigenvalue weighted by Gasteiger charge is 2.44. The average Bonchev–Trinajstić information content (AvgIpc) is 3.28. The van der Waals surface area contributed by atoms with Gasteiger partial charge >= 0.3 is 6.18 Å². The van der Waals surface area contributed by atoms with E-state index in [-0.39, 0.29) is 36.2 Å². The second-order valence-corrected chi connectivity index (χ2v) is 10.8. The van der Waals surface area contributed by atoms with E-state index in [0.717, 1.165) is 38.5 Å². The van der Waals surface area contributed by atoms with E-state index in [2.05, 4.69) is 52.5 Å². The summed E-state index contributed by atoms with van der Waals surface area (Å²) in [6.07, 6.45) is 0.370. The predicted octanol–water partition coefficient (Wildman–Crippen LogP) is 2.68. The van der Waals surface area contributed by atoms with Gasteiger partial charge in [0.1, 0.15) is 6.04 Å². The molecule has 2 amide bonds. The van der Waals surface area contributed by atoms with Crippen LogP contribution in [0.4, 0.5) is 13.2 Å². The Balaban J connectivity index is 1.53. The third kappa shape index (κ3) is 7.82. The number of tetrazole rings is 1. The summed E-state index contributed by atoms with van der Waals surface area (Å²) in [5.74, 6) is -2.27. The van der Waals surface area contributed by atoms with Gasteiger partial charge in [0.2, 0.25) is 11.7 Å². The molecule has 10 nitrogen and oxygen atoms in total. The molecule has 1 aromatic carbocycles. The van der Waals surface area contributed by atoms with E-state index in [9.17, 15) is 27.6 Å². The van der Waals surface area contributed by atoms with Gasteiger partial charge in [-0.2, -0.15) is 18.4 Å². The lowest BCUT2D eigenvalue weighted by Gasteiger charge is -2.28. The highest BCUT2D eigenvalue weighted by molar-refractivity contribution is 9.10. The molecule has 14 heteroatoms. The monoisotopic (exact) mass is 599 g/mol. The van der Waals surface area contributed by atoms with Gasteiger partial charge in [-0.05, 0) is 42.9 Å². The zero-order chi connectivity index (χ0) is 27.3. The number of amides is 2. The van der Waals surface area contributed by atoms with Crippen LogP contribution in [0.1, 0.15) is 62.4 Å². The summed E-state index contributed by atoms with van der Waals surface area (Å²) in [5.41, 5.74) is -0.104. The number of Topliss-reactive ketones (excluding diaryl/α,β-unsaturated/α-hetero) is 1. The smallest absolute Gasteiger partial charge is 0.347 e. The normalized spacial score (nSPS) is 18.5. The van der Waals surface area contributed by atoms with Crippen LogP contribution in [0.25, 0.3) is 0 Å². The largest absolute Gasteiger partial charge is 0.407 e. The molecule has 2 aliphatic carbocycles. The van der Waals surface area contributed by atoms with Crippen LogP contribution in [0.2, 0.25) is 0 Å². The third-order valence-corrected chi connectivity index (χ3v) is 7.33. The van der Waals surface area contributed by atoms with Gasteiger partial charge in [-0.15, -0.1) is 10.2 Å². The molecular formula is C24H29BrF3N7O3. The van der Waals surface area contributed by atoms with Crippen molar-refractivity contribution in [2.75, 3.05) is 0 Å². The van der Waals surface area contributed by atoms with E-state index >= 15 is 0 Å². The van der Waals surface area contributed by atoms with Gasteiger partial charge in [0.05, 0.1) is 12.1 Å². The zero-order valence-corrected chi connectivity index (χ0v) is 22.0. The summed E-state index contributed by atoms with van der Waals surface area (Å²) in [6.45, 7) is 0. The quantitative estimate of drug-likeness (QED) is 0.275. The van der Waals surface area contributed by atoms with Crippen LogP contribution in [-0.2, 0) is 20.8 Å². The number of hydrogen-bond donors (Lipinski definition) is 4. The highest BCUT2D eigenvalue weighted by atomic mass is 79.9. The molecule has 38 heavy (non-hydrogen) atoms. The summed E-state index contributed by atoms with van der Waals surface area (Å²) in [4.78, 5) is 39.1. The molecule has 0 unspecified atom stereocenters. The Morgan fingerprint density at radius 2 is 1.74 bits per heavy atom. The van der Waals surface area contributed by atoms with Crippen LogP contribution in [0, 0.1) is 5.92 Å². The summed E-state index contributed by atoms with van der Waals surface area (Å²) in [7, 11) is 0. The minimum Gasteiger partial charge on any atom is -0.347 e. The van der Waals surface area contributed by atoms with Crippen molar-refractivity contribution in [2.24, 2.45) is 5.92 Å². The molecule has 1 aromatic heterocycles. The van der Waals surface area contributed by atoms with Crippen molar-refractivity contribution in [3.8, 4) is 0 Å². The van der Waals surface area contributed by atoms with Crippen molar-refractivity contribution in [1.29, 1.82) is 0 Å². The van der Waals surface area contributed by atoms with E-state index in [1.54, 1.807) is 0 Å². The van der Waals surface area contributed by atoms with E-state index in [1.807, 2.05) is 0 Å². The number of nitrogens with one attached hydrogen (secondary N) is 4. The van der Waals surface area contributed by atoms with Gasteiger partial charge in [0, 0.05) is 16.9 Å². The van der Waals surface area contributed by atoms with Crippen LogP contribution >= 0.6 is 15.9 Å². The van der Waals surface area contributed by atoms with Gasteiger partial charge in [-0.25, -0.2) is 0 Å². The number of carbonyl (C=O) groups is 3. The number of aromatic nitrogens is 4. The number of H-pyrrole nitrogens is 1. The number of halogens is 4. The Kier molecular flexibility index (Phi) is 9.13. The predicted molar refractivity (Wildman–Crippen MR) is 132 cm³/mol. The number of carbonyl (C=O) groups excluding carboxylic acids is 3. The molecule has 3 atom stereocenters. The Labute approximate surface area is 225 Å². The molecule has 2 fully saturated rings. The van der Waals surface area contributed by atoms with Crippen LogP contribution in [-0.4, -0.2) is 62.5 Å². The second kappa shape index (κ2) is 12.3. The summed E-state index contributed by atoms with van der Waals surface area (Å²) < 4.78 is 42.9. The summed E-state index contributed by atoms with van der Waals surface area (Å²) in [5, 5.41) is 20.8. The average molecular weight is 600 g/mol. The zero-order valence-electron chi connectivity index (χ0n) is 20.4. The first-order valence-corrected chi connectivity index (χ1v) is 13.3. The fourth-order valence-corrected chi connectivity index (χ4v) is 4.85. The summed E-state index contributed by atoms with van der Waals surface area (Å²) >= 11 is 3.21. The van der Waals surface area contributed by atoms with Crippen LogP contribution < -0.4 is 16.0 Å². The van der Waals surface area contributed by atoms with Crippen LogP contribution in [0.15, 0.2) is 28.7 Å². The van der Waals surface area contributed by atoms with E-state index in [1.165, 1.54) is 24.3 Å². The number of hydrogen-bond acceptors (Lipinski definition) is 7. The Morgan fingerprint density at radius 1 is 1.05 bits per heavy atom. The van der Waals surface area contributed by atoms with Crippen molar-refractivity contribution in [3.05, 3.63) is 40.1 Å². The first-order chi connectivity index (χ1) is 18.1. The van der Waals surface area contributed by atoms with Crippen molar-refractivity contribution in [3.63, 3.8) is 0 Å². The Hall–Kier alpha value is -2.87. The molecule has 0 aliphatic heterocycles. The maximum atomic E-state index is 14.1. The molecule has 0 bridgehead atoms. The fourth-order valence-electron chi connectivity index (χ4n) is 4.59. The molecule has 1 heterocycles. The first kappa shape index (κ1) is 28.1. The molecular weight excluding hydrogens is 571 g/mol. The number of rotatable bonds is 12. The molecule has 2 saturated carbocycles. The van der Waals surface area contributed by atoms with E-state index in [4.69, 9.17) is 0 Å². The van der Waals surface area contributed by atoms with Gasteiger partial charge in [-0.1, -0.05) is 59.0 Å². The Morgan fingerprint density at radius 3 is 2.32 bits per heavy atom. The van der Waals surface area contributed by atoms with Crippen molar-refractivity contribution >= 4 is 33.5 Å². The third-order valence-electron chi connectivity index (χ3n) is 6.80. The minimum atomic E-state index is -4.74. The van der Waals surface area contributed by atoms with Gasteiger partial charge in [0.25, 0.3) is 5.91 Å². The molecule has 206 valence electrons. The van der Waals surface area contributed by atoms with Crippen LogP contribution in [0.5, 0.6) is 0 Å². The first-order valence-electron chi connectivity index (χ1n) is 12.6. The van der Waals surface area contributed by atoms with Crippen molar-refractivity contribution in [1.82, 2.24) is 36.6 Å². The topological polar surface area (TPSA) is 142 Å². The number of ketones is 1. The Bertz CT molecular complexity index is 1100. The lowest BCUT2D eigenvalue weighted by molar-refractivity contribution is -0.161. The number of alkyl halides is 3. The lowest BCUT2D eigenvalue weighted by atomic mass is 10.0. The lowest BCUT2D eigenvalue weighted by Crippen LogP contribution is -2.55. The number of aromatic amines is 1. The van der Waals surface area contributed by atoms with Crippen molar-refractivity contribution in [2.45, 2.75) is 81.7 Å². The van der Waals surface area contributed by atoms with E-state index in [0.29, 0.717) is 4.47 Å². The molecule has 0 saturated heterocycles. The molecule has 0 radical (unpaired) electrons. The summed E-state index contributed by atoms with van der Waals surface area (Å²) in [6, 6.07) is 0.625. The minimum absolute atomic E-state index is 0.0124. The maximum Gasteiger partial charge on any atom is 0.407 e. The molecule has 0 spiro atoms. The molecule has 4 N–H and O–H groups in total. The second-order valence-electron chi connectivity index (χ2n) is 9.84. The fraction of sp³-hybridized carbons (Fsp3) is 0.583. The number of nitrogens with zero attached hydrogens (tertiary/aromatic N) is 3. The molecule has 4 rings (SSSR count). The standard InChI is InChI=1S/C24H29BrF3N7O3/c25-15-9-7-14(8-10-15)21(24(26,27)28)30-18(12-19-32-34-35-33-19)22(37)31-17(11-13-5-6-13)20(36)23(38)29-16-3-1-2-4-16/h7-10,13,16-18,21,30H,1-6,11-12H2,(H,29,38)(H,31,37)(H,32,33,34,35)/t17-,18-,21-/m0/s1.